The maximum atomic E-state index is 11.1. The van der Waals surface area contributed by atoms with Crippen molar-refractivity contribution in [2.45, 2.75) is 11.8 Å². The number of nitrogens with two attached hydrogens (primary N) is 1. The lowest BCUT2D eigenvalue weighted by Crippen LogP contribution is -2.22. The van der Waals surface area contributed by atoms with Crippen molar-refractivity contribution in [3.63, 3.8) is 0 Å². The molecule has 0 aliphatic rings. The van der Waals surface area contributed by atoms with Gasteiger partial charge in [-0.05, 0) is 12.1 Å². The first kappa shape index (κ1) is 12.3. The quantitative estimate of drug-likeness (QED) is 0.719. The molecule has 0 aromatic heterocycles. The maximum absolute atomic E-state index is 11.1. The van der Waals surface area contributed by atoms with Crippen molar-refractivity contribution in [2.75, 3.05) is 5.32 Å². The summed E-state index contributed by atoms with van der Waals surface area (Å²) in [6.45, 7) is 1.08. The molecule has 6 nitrogen and oxygen atoms in total. The number of primary sulfonamides is 1. The number of carbonyl (C=O) groups excluding carboxylic acids is 2. The Morgan fingerprint density at radius 1 is 1.25 bits per heavy atom. The first-order chi connectivity index (χ1) is 7.32. The van der Waals surface area contributed by atoms with Gasteiger partial charge in [0.25, 0.3) is 5.91 Å². The van der Waals surface area contributed by atoms with E-state index in [1.54, 1.807) is 0 Å². The number of para-hydroxylation sites is 1. The number of sulfonamides is 1. The molecule has 1 aromatic carbocycles. The monoisotopic (exact) mass is 242 g/mol. The number of ketones is 1. The van der Waals surface area contributed by atoms with Crippen LogP contribution in [0.25, 0.3) is 0 Å². The third-order valence-electron chi connectivity index (χ3n) is 1.76. The Hall–Kier alpha value is -1.73. The van der Waals surface area contributed by atoms with Crippen molar-refractivity contribution in [3.8, 4) is 0 Å². The SMILES string of the molecule is CC(=O)C(=O)Nc1ccccc1S(N)(=O)=O. The third kappa shape index (κ3) is 2.88. The minimum atomic E-state index is -3.93. The summed E-state index contributed by atoms with van der Waals surface area (Å²) in [5.74, 6) is -1.61. The van der Waals surface area contributed by atoms with Crippen LogP contribution < -0.4 is 10.5 Å². The second-order valence-electron chi connectivity index (χ2n) is 3.05. The molecule has 0 saturated carbocycles. The van der Waals surface area contributed by atoms with Crippen LogP contribution in [0.5, 0.6) is 0 Å². The number of carbonyl (C=O) groups is 2. The van der Waals surface area contributed by atoms with Gasteiger partial charge in [0.2, 0.25) is 15.8 Å². The van der Waals surface area contributed by atoms with Crippen LogP contribution in [0.4, 0.5) is 5.69 Å². The van der Waals surface area contributed by atoms with Crippen molar-refractivity contribution >= 4 is 27.4 Å². The molecule has 0 radical (unpaired) electrons. The topological polar surface area (TPSA) is 106 Å². The molecule has 0 atom stereocenters. The normalized spacial score (nSPS) is 10.9. The lowest BCUT2D eigenvalue weighted by atomic mass is 10.3. The molecule has 1 rings (SSSR count). The van der Waals surface area contributed by atoms with E-state index in [2.05, 4.69) is 5.32 Å². The Kier molecular flexibility index (Phi) is 3.41. The summed E-state index contributed by atoms with van der Waals surface area (Å²) in [7, 11) is -3.93. The Labute approximate surface area is 92.5 Å². The highest BCUT2D eigenvalue weighted by Crippen LogP contribution is 2.18. The second-order valence-corrected chi connectivity index (χ2v) is 4.58. The number of benzene rings is 1. The predicted molar refractivity (Wildman–Crippen MR) is 57.1 cm³/mol. The Balaban J connectivity index is 3.16. The van der Waals surface area contributed by atoms with Gasteiger partial charge in [-0.15, -0.1) is 0 Å². The van der Waals surface area contributed by atoms with Crippen LogP contribution in [-0.4, -0.2) is 20.1 Å². The molecule has 0 spiro atoms. The van der Waals surface area contributed by atoms with Crippen LogP contribution in [0.2, 0.25) is 0 Å². The number of hydrogen-bond acceptors (Lipinski definition) is 4. The fraction of sp³-hybridized carbons (Fsp3) is 0.111. The smallest absolute Gasteiger partial charge is 0.291 e. The van der Waals surface area contributed by atoms with E-state index in [0.29, 0.717) is 0 Å². The van der Waals surface area contributed by atoms with Gasteiger partial charge in [-0.1, -0.05) is 12.1 Å². The van der Waals surface area contributed by atoms with Gasteiger partial charge in [0.1, 0.15) is 4.90 Å². The lowest BCUT2D eigenvalue weighted by molar-refractivity contribution is -0.133. The zero-order valence-electron chi connectivity index (χ0n) is 8.43. The lowest BCUT2D eigenvalue weighted by Gasteiger charge is -2.07. The molecule has 7 heteroatoms. The zero-order chi connectivity index (χ0) is 12.3. The predicted octanol–water partition coefficient (Wildman–Crippen LogP) is -0.138. The van der Waals surface area contributed by atoms with Crippen molar-refractivity contribution in [1.82, 2.24) is 0 Å². The van der Waals surface area contributed by atoms with Crippen molar-refractivity contribution in [3.05, 3.63) is 24.3 Å². The highest BCUT2D eigenvalue weighted by molar-refractivity contribution is 7.89. The number of Topliss-reactive ketones (excluding diaryl/α,β-unsaturated/α-hetero) is 1. The summed E-state index contributed by atoms with van der Waals surface area (Å²) in [4.78, 5) is 21.6. The second kappa shape index (κ2) is 4.42. The van der Waals surface area contributed by atoms with E-state index in [9.17, 15) is 18.0 Å². The van der Waals surface area contributed by atoms with Crippen LogP contribution in [0, 0.1) is 0 Å². The van der Waals surface area contributed by atoms with Crippen molar-refractivity contribution < 1.29 is 18.0 Å². The fourth-order valence-corrected chi connectivity index (χ4v) is 1.72. The standard InChI is InChI=1S/C9H10N2O4S/c1-6(12)9(13)11-7-4-2-3-5-8(7)16(10,14)15/h2-5H,1H3,(H,11,13)(H2,10,14,15). The van der Waals surface area contributed by atoms with Gasteiger partial charge >= 0.3 is 0 Å². The molecule has 0 heterocycles. The summed E-state index contributed by atoms with van der Waals surface area (Å²) < 4.78 is 22.3. The van der Waals surface area contributed by atoms with Gasteiger partial charge in [0.05, 0.1) is 5.69 Å². The van der Waals surface area contributed by atoms with Gasteiger partial charge in [0, 0.05) is 6.92 Å². The molecule has 86 valence electrons. The van der Waals surface area contributed by atoms with E-state index in [1.165, 1.54) is 24.3 Å². The van der Waals surface area contributed by atoms with Gasteiger partial charge in [0.15, 0.2) is 0 Å². The summed E-state index contributed by atoms with van der Waals surface area (Å²) in [6, 6.07) is 5.57. The average molecular weight is 242 g/mol. The molecule has 0 aliphatic heterocycles. The Morgan fingerprint density at radius 3 is 2.31 bits per heavy atom. The number of amides is 1. The van der Waals surface area contributed by atoms with Crippen LogP contribution in [0.3, 0.4) is 0 Å². The molecular formula is C9H10N2O4S. The minimum Gasteiger partial charge on any atom is -0.318 e. The molecular weight excluding hydrogens is 232 g/mol. The van der Waals surface area contributed by atoms with Crippen LogP contribution in [0.15, 0.2) is 29.2 Å². The summed E-state index contributed by atoms with van der Waals surface area (Å²) in [6.07, 6.45) is 0. The summed E-state index contributed by atoms with van der Waals surface area (Å²) >= 11 is 0. The van der Waals surface area contributed by atoms with E-state index in [-0.39, 0.29) is 10.6 Å². The zero-order valence-corrected chi connectivity index (χ0v) is 9.24. The van der Waals surface area contributed by atoms with Crippen molar-refractivity contribution in [1.29, 1.82) is 0 Å². The Morgan fingerprint density at radius 2 is 1.81 bits per heavy atom. The molecule has 0 aliphatic carbocycles. The highest BCUT2D eigenvalue weighted by Gasteiger charge is 2.16. The first-order valence-electron chi connectivity index (χ1n) is 4.26. The number of rotatable bonds is 3. The van der Waals surface area contributed by atoms with Crippen LogP contribution in [0.1, 0.15) is 6.92 Å². The summed E-state index contributed by atoms with van der Waals surface area (Å²) in [5, 5.41) is 7.11. The van der Waals surface area contributed by atoms with E-state index >= 15 is 0 Å². The number of anilines is 1. The number of hydrogen-bond donors (Lipinski definition) is 2. The third-order valence-corrected chi connectivity index (χ3v) is 2.73. The molecule has 1 aromatic rings. The maximum Gasteiger partial charge on any atom is 0.291 e. The highest BCUT2D eigenvalue weighted by atomic mass is 32.2. The van der Waals surface area contributed by atoms with Gasteiger partial charge in [-0.2, -0.15) is 0 Å². The average Bonchev–Trinajstić information content (AvgIpc) is 2.16. The van der Waals surface area contributed by atoms with E-state index in [0.717, 1.165) is 6.92 Å². The number of nitrogens with one attached hydrogen (secondary N) is 1. The van der Waals surface area contributed by atoms with E-state index < -0.39 is 21.7 Å². The molecule has 0 unspecified atom stereocenters. The fourth-order valence-electron chi connectivity index (χ4n) is 1.03. The van der Waals surface area contributed by atoms with E-state index in [4.69, 9.17) is 5.14 Å². The molecule has 16 heavy (non-hydrogen) atoms. The molecule has 3 N–H and O–H groups in total. The molecule has 0 saturated heterocycles. The van der Waals surface area contributed by atoms with Crippen molar-refractivity contribution in [2.24, 2.45) is 5.14 Å². The van der Waals surface area contributed by atoms with Crippen LogP contribution >= 0.6 is 0 Å². The minimum absolute atomic E-state index is 0.00907. The van der Waals surface area contributed by atoms with Gasteiger partial charge in [-0.3, -0.25) is 9.59 Å². The Bertz CT molecular complexity index is 536. The van der Waals surface area contributed by atoms with Crippen LogP contribution in [-0.2, 0) is 19.6 Å². The molecule has 0 fully saturated rings. The van der Waals surface area contributed by atoms with Gasteiger partial charge in [-0.25, -0.2) is 13.6 Å². The summed E-state index contributed by atoms with van der Waals surface area (Å²) in [5.41, 5.74) is -0.00907. The van der Waals surface area contributed by atoms with Gasteiger partial charge < -0.3 is 5.32 Å². The molecule has 1 amide bonds. The largest absolute Gasteiger partial charge is 0.318 e. The molecule has 0 bridgehead atoms. The first-order valence-corrected chi connectivity index (χ1v) is 5.81. The van der Waals surface area contributed by atoms with E-state index in [1.807, 2.05) is 0 Å².